The Hall–Kier alpha value is -2.08. The molecule has 30 heavy (non-hydrogen) atoms. The van der Waals surface area contributed by atoms with Crippen molar-refractivity contribution in [3.63, 3.8) is 0 Å². The van der Waals surface area contributed by atoms with Gasteiger partial charge in [-0.15, -0.1) is 0 Å². The quantitative estimate of drug-likeness (QED) is 0.653. The van der Waals surface area contributed by atoms with Crippen molar-refractivity contribution in [1.82, 2.24) is 9.55 Å². The van der Waals surface area contributed by atoms with Crippen molar-refractivity contribution in [3.8, 4) is 5.75 Å². The largest absolute Gasteiger partial charge is 0.530 e. The zero-order chi connectivity index (χ0) is 22.6. The summed E-state index contributed by atoms with van der Waals surface area (Å²) in [5.74, 6) is -4.25. The molecule has 162 valence electrons. The lowest BCUT2D eigenvalue weighted by molar-refractivity contribution is -0.179. The van der Waals surface area contributed by atoms with Crippen LogP contribution in [0.3, 0.4) is 0 Å². The molecule has 0 amide bonds. The molecule has 1 aromatic heterocycles. The molecule has 1 saturated heterocycles. The van der Waals surface area contributed by atoms with Crippen LogP contribution in [0.15, 0.2) is 34.0 Å². The van der Waals surface area contributed by atoms with E-state index in [4.69, 9.17) is 31.3 Å². The molecule has 0 radical (unpaired) electrons. The van der Waals surface area contributed by atoms with Gasteiger partial charge in [0.05, 0.1) is 14.2 Å². The second kappa shape index (κ2) is 7.56. The van der Waals surface area contributed by atoms with Crippen LogP contribution in [0.25, 0.3) is 0 Å². The molecule has 2 N–H and O–H groups in total. The van der Waals surface area contributed by atoms with Crippen molar-refractivity contribution < 1.29 is 38.1 Å². The normalized spacial score (nSPS) is 33.6. The summed E-state index contributed by atoms with van der Waals surface area (Å²) in [4.78, 5) is 24.7. The van der Waals surface area contributed by atoms with Crippen LogP contribution in [-0.2, 0) is 25.0 Å². The minimum atomic E-state index is -4.30. The van der Waals surface area contributed by atoms with Gasteiger partial charge in [0, 0.05) is 17.0 Å². The average Bonchev–Trinajstić information content (AvgIpc) is 2.93. The summed E-state index contributed by atoms with van der Waals surface area (Å²) < 4.78 is 69.8. The predicted octanol–water partition coefficient (Wildman–Crippen LogP) is 2.01. The van der Waals surface area contributed by atoms with Gasteiger partial charge < -0.3 is 14.4 Å². The average molecular weight is 468 g/mol. The van der Waals surface area contributed by atoms with E-state index >= 15 is 4.39 Å². The monoisotopic (exact) mass is 467 g/mol. The van der Waals surface area contributed by atoms with Gasteiger partial charge in [0.25, 0.3) is 5.56 Å². The Morgan fingerprint density at radius 3 is 3.03 bits per heavy atom. The van der Waals surface area contributed by atoms with E-state index in [1.165, 1.54) is 18.2 Å². The standard InChI is InChI=1S/C16H14ClF2N2O8P/c17-9-1-2-12-8(3-9)6-26-30(25,29-12)27-7-16(19)4-11(22)14(28-16)21-5-10(18)13(23)20-15(21)24/h1-3,5,11,14,22H,4,6-7H2,(H,20,23,24)/t11-,14-,16+,30?/m1/s1/i14D. The third kappa shape index (κ3) is 4.07. The number of phosphoric acid groups is 1. The molecule has 0 saturated carbocycles. The van der Waals surface area contributed by atoms with Gasteiger partial charge in [-0.05, 0) is 18.2 Å². The summed E-state index contributed by atoms with van der Waals surface area (Å²) in [6.45, 7) is -1.32. The van der Waals surface area contributed by atoms with Gasteiger partial charge in [0.15, 0.2) is 6.20 Å². The first kappa shape index (κ1) is 19.9. The molecule has 1 unspecified atom stereocenters. The van der Waals surface area contributed by atoms with E-state index in [0.717, 1.165) is 0 Å². The maximum atomic E-state index is 15.2. The topological polar surface area (TPSA) is 129 Å². The van der Waals surface area contributed by atoms with Crippen LogP contribution >= 0.6 is 19.4 Å². The number of aromatic amines is 1. The molecule has 2 aliphatic heterocycles. The molecule has 4 rings (SSSR count). The fourth-order valence-electron chi connectivity index (χ4n) is 2.87. The number of nitrogens with zero attached hydrogens (tertiary/aromatic N) is 1. The number of benzene rings is 1. The lowest BCUT2D eigenvalue weighted by Gasteiger charge is -2.27. The second-order valence-electron chi connectivity index (χ2n) is 6.49. The number of phosphoric ester groups is 1. The third-order valence-corrected chi connectivity index (χ3v) is 5.80. The highest BCUT2D eigenvalue weighted by molar-refractivity contribution is 7.49. The van der Waals surface area contributed by atoms with Crippen LogP contribution in [0.2, 0.25) is 5.02 Å². The highest BCUT2D eigenvalue weighted by Gasteiger charge is 2.50. The maximum Gasteiger partial charge on any atom is 0.530 e. The Kier molecular flexibility index (Phi) is 5.00. The Labute approximate surface area is 172 Å². The number of nitrogens with one attached hydrogen (secondary N) is 1. The van der Waals surface area contributed by atoms with Crippen LogP contribution in [0, 0.1) is 5.82 Å². The molecule has 3 heterocycles. The number of aliphatic hydroxyl groups is 1. The SMILES string of the molecule is [2H][C@@]1(n2cc(F)c(=O)[nH]c2=O)O[C@](F)(COP2(=O)OCc3cc(Cl)ccc3O2)C[C@H]1O. The van der Waals surface area contributed by atoms with Crippen LogP contribution in [0.5, 0.6) is 5.75 Å². The van der Waals surface area contributed by atoms with Crippen molar-refractivity contribution in [3.05, 3.63) is 61.6 Å². The van der Waals surface area contributed by atoms with Crippen LogP contribution in [0.4, 0.5) is 8.78 Å². The first-order valence-corrected chi connectivity index (χ1v) is 10.2. The molecule has 4 atom stereocenters. The predicted molar refractivity (Wildman–Crippen MR) is 96.3 cm³/mol. The lowest BCUT2D eigenvalue weighted by atomic mass is 10.2. The number of halogens is 3. The molecule has 0 aliphatic carbocycles. The van der Waals surface area contributed by atoms with E-state index in [1.807, 2.05) is 0 Å². The van der Waals surface area contributed by atoms with E-state index in [-0.39, 0.29) is 16.9 Å². The Balaban J connectivity index is 1.52. The summed E-state index contributed by atoms with van der Waals surface area (Å²) in [6, 6.07) is 4.41. The first-order chi connectivity index (χ1) is 14.4. The lowest BCUT2D eigenvalue weighted by Crippen LogP contribution is -2.37. The van der Waals surface area contributed by atoms with Gasteiger partial charge in [-0.2, -0.15) is 4.39 Å². The van der Waals surface area contributed by atoms with Gasteiger partial charge in [0.2, 0.25) is 11.7 Å². The molecule has 1 fully saturated rings. The molecule has 14 heteroatoms. The third-order valence-electron chi connectivity index (χ3n) is 4.26. The fraction of sp³-hybridized carbons (Fsp3) is 0.375. The molecular formula is C16H14ClF2N2O8P. The van der Waals surface area contributed by atoms with Crippen molar-refractivity contribution in [2.75, 3.05) is 6.61 Å². The molecular weight excluding hydrogens is 453 g/mol. The van der Waals surface area contributed by atoms with Crippen LogP contribution in [0.1, 0.15) is 19.6 Å². The maximum absolute atomic E-state index is 15.2. The van der Waals surface area contributed by atoms with E-state index < -0.39 is 56.1 Å². The van der Waals surface area contributed by atoms with Gasteiger partial charge in [0.1, 0.15) is 18.5 Å². The molecule has 2 aliphatic rings. The van der Waals surface area contributed by atoms with Crippen LogP contribution in [-0.4, -0.2) is 33.2 Å². The zero-order valence-electron chi connectivity index (χ0n) is 15.8. The summed E-state index contributed by atoms with van der Waals surface area (Å²) >= 11 is 5.85. The highest BCUT2D eigenvalue weighted by atomic mass is 35.5. The van der Waals surface area contributed by atoms with Crippen molar-refractivity contribution in [1.29, 1.82) is 0 Å². The van der Waals surface area contributed by atoms with Gasteiger partial charge in [-0.3, -0.25) is 23.4 Å². The summed E-state index contributed by atoms with van der Waals surface area (Å²) in [6.07, 6.45) is -5.43. The minimum Gasteiger partial charge on any atom is -0.404 e. The Morgan fingerprint density at radius 1 is 1.50 bits per heavy atom. The number of hydrogen-bond donors (Lipinski definition) is 2. The van der Waals surface area contributed by atoms with E-state index in [9.17, 15) is 23.7 Å². The van der Waals surface area contributed by atoms with E-state index in [2.05, 4.69) is 0 Å². The van der Waals surface area contributed by atoms with E-state index in [1.54, 1.807) is 4.98 Å². The number of fused-ring (bicyclic) bond motifs is 1. The highest BCUT2D eigenvalue weighted by Crippen LogP contribution is 2.55. The molecule has 1 aromatic carbocycles. The molecule has 0 bridgehead atoms. The van der Waals surface area contributed by atoms with Crippen molar-refractivity contribution >= 4 is 19.4 Å². The number of aliphatic hydroxyl groups excluding tert-OH is 1. The Bertz CT molecular complexity index is 1210. The Morgan fingerprint density at radius 2 is 2.27 bits per heavy atom. The molecule has 0 spiro atoms. The number of H-pyrrole nitrogens is 1. The fourth-order valence-corrected chi connectivity index (χ4v) is 4.31. The molecule has 2 aromatic rings. The molecule has 10 nitrogen and oxygen atoms in total. The number of ether oxygens (including phenoxy) is 1. The van der Waals surface area contributed by atoms with Crippen molar-refractivity contribution in [2.24, 2.45) is 0 Å². The van der Waals surface area contributed by atoms with Gasteiger partial charge >= 0.3 is 13.5 Å². The second-order valence-corrected chi connectivity index (χ2v) is 8.52. The van der Waals surface area contributed by atoms with Gasteiger partial charge in [-0.1, -0.05) is 11.6 Å². The van der Waals surface area contributed by atoms with E-state index in [0.29, 0.717) is 16.8 Å². The summed E-state index contributed by atoms with van der Waals surface area (Å²) in [5, 5.41) is 10.5. The summed E-state index contributed by atoms with van der Waals surface area (Å²) in [5.41, 5.74) is -2.19. The van der Waals surface area contributed by atoms with Crippen LogP contribution < -0.4 is 15.8 Å². The summed E-state index contributed by atoms with van der Waals surface area (Å²) in [7, 11) is -4.30. The number of alkyl halides is 1. The van der Waals surface area contributed by atoms with Crippen molar-refractivity contribution in [2.45, 2.75) is 31.2 Å². The number of rotatable bonds is 4. The number of aromatic nitrogens is 2. The zero-order valence-corrected chi connectivity index (χ0v) is 16.5. The minimum absolute atomic E-state index is 0.143. The number of hydrogen-bond acceptors (Lipinski definition) is 8. The van der Waals surface area contributed by atoms with Gasteiger partial charge in [-0.25, -0.2) is 13.8 Å². The first-order valence-electron chi connectivity index (χ1n) is 8.89. The smallest absolute Gasteiger partial charge is 0.404 e.